The highest BCUT2D eigenvalue weighted by Gasteiger charge is 2.24. The lowest BCUT2D eigenvalue weighted by Gasteiger charge is -2.23. The van der Waals surface area contributed by atoms with Gasteiger partial charge in [0.2, 0.25) is 0 Å². The average Bonchev–Trinajstić information content (AvgIpc) is 2.98. The number of fused-ring (bicyclic) bond motifs is 1. The van der Waals surface area contributed by atoms with Gasteiger partial charge in [0.1, 0.15) is 5.76 Å². The summed E-state index contributed by atoms with van der Waals surface area (Å²) in [6.07, 6.45) is 6.15. The van der Waals surface area contributed by atoms with Gasteiger partial charge in [0.25, 0.3) is 0 Å². The van der Waals surface area contributed by atoms with E-state index in [1.807, 2.05) is 30.3 Å². The molecule has 1 aliphatic rings. The third-order valence-corrected chi connectivity index (χ3v) is 4.70. The summed E-state index contributed by atoms with van der Waals surface area (Å²) in [5.74, 6) is 1.38. The summed E-state index contributed by atoms with van der Waals surface area (Å²) in [5, 5.41) is 5.88. The molecule has 0 bridgehead atoms. The minimum atomic E-state index is -0.956. The molecule has 0 unspecified atom stereocenters. The van der Waals surface area contributed by atoms with Crippen LogP contribution in [0.25, 0.3) is 0 Å². The number of carbonyl (C=O) groups excluding carboxylic acids is 1. The molecule has 2 atom stereocenters. The van der Waals surface area contributed by atoms with Crippen LogP contribution < -0.4 is 10.6 Å². The van der Waals surface area contributed by atoms with Crippen molar-refractivity contribution in [3.05, 3.63) is 53.5 Å². The van der Waals surface area contributed by atoms with E-state index in [0.29, 0.717) is 11.4 Å². The number of hydrogen-bond acceptors (Lipinski definition) is 3. The average molecular weight is 332 g/mol. The molecule has 0 fully saturated rings. The summed E-state index contributed by atoms with van der Waals surface area (Å²) < 4.78 is 16.9. The molecule has 0 radical (unpaired) electrons. The van der Waals surface area contributed by atoms with Crippen molar-refractivity contribution < 1.29 is 13.4 Å². The fourth-order valence-electron chi connectivity index (χ4n) is 2.94. The van der Waals surface area contributed by atoms with Crippen molar-refractivity contribution in [2.75, 3.05) is 11.6 Å². The van der Waals surface area contributed by atoms with Crippen LogP contribution >= 0.6 is 0 Å². The first-order valence-electron chi connectivity index (χ1n) is 7.65. The molecule has 0 aliphatic heterocycles. The highest BCUT2D eigenvalue weighted by Crippen LogP contribution is 2.30. The van der Waals surface area contributed by atoms with Crippen molar-refractivity contribution in [3.63, 3.8) is 0 Å². The molecule has 2 aromatic rings. The first kappa shape index (κ1) is 15.8. The maximum absolute atomic E-state index is 12.3. The normalized spacial score (nSPS) is 18.0. The molecule has 122 valence electrons. The van der Waals surface area contributed by atoms with Crippen molar-refractivity contribution in [2.45, 2.75) is 31.1 Å². The molecule has 1 aromatic heterocycles. The second-order valence-electron chi connectivity index (χ2n) is 5.72. The summed E-state index contributed by atoms with van der Waals surface area (Å²) in [6, 6.07) is 9.09. The maximum atomic E-state index is 12.3. The van der Waals surface area contributed by atoms with Crippen LogP contribution in [0.5, 0.6) is 0 Å². The number of para-hydroxylation sites is 1. The van der Waals surface area contributed by atoms with Gasteiger partial charge in [-0.25, -0.2) is 4.79 Å². The highest BCUT2D eigenvalue weighted by atomic mass is 32.2. The van der Waals surface area contributed by atoms with E-state index < -0.39 is 10.8 Å². The Labute approximate surface area is 137 Å². The van der Waals surface area contributed by atoms with Crippen LogP contribution in [-0.4, -0.2) is 16.5 Å². The van der Waals surface area contributed by atoms with Crippen molar-refractivity contribution >= 4 is 22.5 Å². The molecule has 0 spiro atoms. The molecule has 1 aromatic carbocycles. The Morgan fingerprint density at radius 3 is 3.00 bits per heavy atom. The number of hydrogen-bond donors (Lipinski definition) is 2. The summed E-state index contributed by atoms with van der Waals surface area (Å²) in [7, 11) is -0.956. The Morgan fingerprint density at radius 2 is 2.17 bits per heavy atom. The maximum Gasteiger partial charge on any atom is 0.319 e. The first-order chi connectivity index (χ1) is 11.1. The van der Waals surface area contributed by atoms with E-state index in [9.17, 15) is 9.00 Å². The van der Waals surface area contributed by atoms with Gasteiger partial charge in [-0.1, -0.05) is 18.2 Å². The van der Waals surface area contributed by atoms with Crippen LogP contribution in [-0.2, 0) is 23.0 Å². The molecule has 1 aliphatic carbocycles. The van der Waals surface area contributed by atoms with Crippen molar-refractivity contribution in [2.24, 2.45) is 0 Å². The summed E-state index contributed by atoms with van der Waals surface area (Å²) >= 11 is 0. The molecule has 2 N–H and O–H groups in total. The van der Waals surface area contributed by atoms with Gasteiger partial charge in [0, 0.05) is 34.7 Å². The molecule has 5 nitrogen and oxygen atoms in total. The van der Waals surface area contributed by atoms with Crippen LogP contribution in [0.1, 0.15) is 35.8 Å². The van der Waals surface area contributed by atoms with Gasteiger partial charge < -0.3 is 15.1 Å². The number of aryl methyl sites for hydroxylation is 1. The van der Waals surface area contributed by atoms with E-state index in [-0.39, 0.29) is 12.1 Å². The molecule has 0 saturated carbocycles. The smallest absolute Gasteiger partial charge is 0.319 e. The molecule has 23 heavy (non-hydrogen) atoms. The van der Waals surface area contributed by atoms with Gasteiger partial charge in [-0.3, -0.25) is 4.21 Å². The van der Waals surface area contributed by atoms with Crippen molar-refractivity contribution in [1.29, 1.82) is 0 Å². The van der Waals surface area contributed by atoms with E-state index >= 15 is 0 Å². The van der Waals surface area contributed by atoms with E-state index in [4.69, 9.17) is 4.42 Å². The standard InChI is InChI=1S/C17H20N2O3S/c1-23(21)11-12-5-2-3-6-14(12)18-17(20)19-15-7-4-8-16-13(15)9-10-22-16/h2-3,5-6,9-10,15H,4,7-8,11H2,1H3,(H2,18,19,20)/t15-,23+/m1/s1. The SMILES string of the molecule is C[S@](=O)Cc1ccccc1NC(=O)N[C@@H]1CCCc2occc21. The zero-order valence-electron chi connectivity index (χ0n) is 13.0. The lowest BCUT2D eigenvalue weighted by molar-refractivity contribution is 0.246. The van der Waals surface area contributed by atoms with Crippen LogP contribution in [0.3, 0.4) is 0 Å². The molecular formula is C17H20N2O3S. The Bertz CT molecular complexity index is 726. The minimum absolute atomic E-state index is 0.0232. The Morgan fingerprint density at radius 1 is 1.35 bits per heavy atom. The lowest BCUT2D eigenvalue weighted by atomic mass is 9.93. The number of urea groups is 1. The summed E-state index contributed by atoms with van der Waals surface area (Å²) in [5.41, 5.74) is 2.63. The van der Waals surface area contributed by atoms with Crippen LogP contribution in [0.4, 0.5) is 10.5 Å². The van der Waals surface area contributed by atoms with Gasteiger partial charge in [0.05, 0.1) is 18.1 Å². The lowest BCUT2D eigenvalue weighted by Crippen LogP contribution is -2.34. The predicted molar refractivity (Wildman–Crippen MR) is 90.8 cm³/mol. The quantitative estimate of drug-likeness (QED) is 0.902. The number of carbonyl (C=O) groups is 1. The van der Waals surface area contributed by atoms with Gasteiger partial charge in [-0.2, -0.15) is 0 Å². The number of furan rings is 1. The monoisotopic (exact) mass is 332 g/mol. The Kier molecular flexibility index (Phi) is 4.81. The van der Waals surface area contributed by atoms with E-state index in [1.54, 1.807) is 12.5 Å². The number of nitrogens with one attached hydrogen (secondary N) is 2. The van der Waals surface area contributed by atoms with E-state index in [1.165, 1.54) is 0 Å². The van der Waals surface area contributed by atoms with Crippen LogP contribution in [0, 0.1) is 0 Å². The predicted octanol–water partition coefficient (Wildman–Crippen LogP) is 3.36. The first-order valence-corrected chi connectivity index (χ1v) is 9.38. The van der Waals surface area contributed by atoms with Gasteiger partial charge in [0.15, 0.2) is 0 Å². The molecule has 6 heteroatoms. The summed E-state index contributed by atoms with van der Waals surface area (Å²) in [4.78, 5) is 12.3. The number of amides is 2. The number of rotatable bonds is 4. The Hall–Kier alpha value is -2.08. The van der Waals surface area contributed by atoms with Gasteiger partial charge in [-0.05, 0) is 30.5 Å². The summed E-state index contributed by atoms with van der Waals surface area (Å²) in [6.45, 7) is 0. The van der Waals surface area contributed by atoms with Crippen molar-refractivity contribution in [3.8, 4) is 0 Å². The van der Waals surface area contributed by atoms with Crippen LogP contribution in [0.2, 0.25) is 0 Å². The molecule has 3 rings (SSSR count). The second kappa shape index (κ2) is 7.00. The number of anilines is 1. The fraction of sp³-hybridized carbons (Fsp3) is 0.353. The third kappa shape index (κ3) is 3.82. The molecule has 2 amide bonds. The van der Waals surface area contributed by atoms with E-state index in [0.717, 1.165) is 36.1 Å². The molecule has 0 saturated heterocycles. The minimum Gasteiger partial charge on any atom is -0.469 e. The zero-order chi connectivity index (χ0) is 16.2. The van der Waals surface area contributed by atoms with Gasteiger partial charge >= 0.3 is 6.03 Å². The van der Waals surface area contributed by atoms with E-state index in [2.05, 4.69) is 10.6 Å². The third-order valence-electron chi connectivity index (χ3n) is 3.98. The fourth-order valence-corrected chi connectivity index (χ4v) is 3.63. The largest absolute Gasteiger partial charge is 0.469 e. The van der Waals surface area contributed by atoms with Crippen molar-refractivity contribution in [1.82, 2.24) is 5.32 Å². The number of benzene rings is 1. The zero-order valence-corrected chi connectivity index (χ0v) is 13.8. The van der Waals surface area contributed by atoms with Gasteiger partial charge in [-0.15, -0.1) is 0 Å². The molecule has 1 heterocycles. The second-order valence-corrected chi connectivity index (χ2v) is 7.15. The Balaban J connectivity index is 1.68. The highest BCUT2D eigenvalue weighted by molar-refractivity contribution is 7.83. The van der Waals surface area contributed by atoms with Crippen LogP contribution in [0.15, 0.2) is 41.0 Å². The molecular weight excluding hydrogens is 312 g/mol. The topological polar surface area (TPSA) is 71.3 Å².